The van der Waals surface area contributed by atoms with E-state index in [2.05, 4.69) is 78.8 Å². The van der Waals surface area contributed by atoms with Gasteiger partial charge in [-0.05, 0) is 111 Å². The summed E-state index contributed by atoms with van der Waals surface area (Å²) in [6.07, 6.45) is 1.72. The van der Waals surface area contributed by atoms with Crippen LogP contribution in [-0.4, -0.2) is 11.3 Å². The van der Waals surface area contributed by atoms with Crippen LogP contribution in [0.5, 0.6) is 5.75 Å². The van der Waals surface area contributed by atoms with Crippen LogP contribution in [-0.2, 0) is 0 Å². The van der Waals surface area contributed by atoms with Crippen molar-refractivity contribution in [3.8, 4) is 5.75 Å². The molecule has 0 aliphatic rings. The lowest BCUT2D eigenvalue weighted by Gasteiger charge is -2.04. The number of hydrogen-bond donors (Lipinski definition) is 1. The van der Waals surface area contributed by atoms with Crippen LogP contribution >= 0.6 is 67.8 Å². The van der Waals surface area contributed by atoms with Crippen molar-refractivity contribution in [2.45, 2.75) is 6.92 Å². The standard InChI is InChI=1S/C14H10I3NO/c1-8-4-10(15)2-3-13(8)18-7-9-5-11(16)6-12(17)14(9)19/h2-7,19H,1H3. The fourth-order valence-electron chi connectivity index (χ4n) is 1.59. The molecule has 0 saturated heterocycles. The highest BCUT2D eigenvalue weighted by Crippen LogP contribution is 2.27. The van der Waals surface area contributed by atoms with Crippen LogP contribution in [0.1, 0.15) is 11.1 Å². The van der Waals surface area contributed by atoms with Gasteiger partial charge in [-0.1, -0.05) is 0 Å². The number of aromatic hydroxyl groups is 1. The highest BCUT2D eigenvalue weighted by molar-refractivity contribution is 14.1. The van der Waals surface area contributed by atoms with Crippen LogP contribution in [0.2, 0.25) is 0 Å². The summed E-state index contributed by atoms with van der Waals surface area (Å²) >= 11 is 6.64. The Morgan fingerprint density at radius 3 is 2.47 bits per heavy atom. The van der Waals surface area contributed by atoms with Gasteiger partial charge < -0.3 is 5.11 Å². The first-order chi connectivity index (χ1) is 8.97. The Morgan fingerprint density at radius 2 is 1.79 bits per heavy atom. The zero-order chi connectivity index (χ0) is 14.0. The maximum Gasteiger partial charge on any atom is 0.137 e. The third kappa shape index (κ3) is 4.03. The first-order valence-electron chi connectivity index (χ1n) is 5.45. The minimum absolute atomic E-state index is 0.285. The number of phenols is 1. The average Bonchev–Trinajstić information content (AvgIpc) is 2.33. The summed E-state index contributed by atoms with van der Waals surface area (Å²) in [6, 6.07) is 9.96. The second kappa shape index (κ2) is 6.70. The van der Waals surface area contributed by atoms with Crippen molar-refractivity contribution in [3.63, 3.8) is 0 Å². The Kier molecular flexibility index (Phi) is 5.46. The molecule has 0 bridgehead atoms. The summed E-state index contributed by atoms with van der Waals surface area (Å²) in [4.78, 5) is 4.47. The lowest BCUT2D eigenvalue weighted by molar-refractivity contribution is 0.470. The minimum atomic E-state index is 0.285. The topological polar surface area (TPSA) is 32.6 Å². The predicted octanol–water partition coefficient (Wildman–Crippen LogP) is 5.27. The second-order valence-electron chi connectivity index (χ2n) is 4.01. The molecule has 0 saturated carbocycles. The molecule has 0 heterocycles. The molecular formula is C14H10I3NO. The molecule has 2 rings (SSSR count). The maximum atomic E-state index is 10.0. The number of aliphatic imine (C=N–C) groups is 1. The van der Waals surface area contributed by atoms with Crippen molar-refractivity contribution in [2.75, 3.05) is 0 Å². The number of phenolic OH excluding ortho intramolecular Hbond substituents is 1. The van der Waals surface area contributed by atoms with Crippen LogP contribution in [0, 0.1) is 17.6 Å². The van der Waals surface area contributed by atoms with E-state index in [1.165, 1.54) is 3.57 Å². The molecule has 0 radical (unpaired) electrons. The normalized spacial score (nSPS) is 11.2. The molecule has 0 spiro atoms. The summed E-state index contributed by atoms with van der Waals surface area (Å²) in [5.41, 5.74) is 2.80. The van der Waals surface area contributed by atoms with Gasteiger partial charge in [-0.3, -0.25) is 4.99 Å². The van der Waals surface area contributed by atoms with Gasteiger partial charge in [0.15, 0.2) is 0 Å². The van der Waals surface area contributed by atoms with Gasteiger partial charge in [0.2, 0.25) is 0 Å². The van der Waals surface area contributed by atoms with E-state index in [1.807, 2.05) is 31.2 Å². The molecule has 0 atom stereocenters. The van der Waals surface area contributed by atoms with Crippen LogP contribution in [0.15, 0.2) is 35.3 Å². The molecule has 1 N–H and O–H groups in total. The molecule has 5 heteroatoms. The Morgan fingerprint density at radius 1 is 1.05 bits per heavy atom. The smallest absolute Gasteiger partial charge is 0.137 e. The third-order valence-corrected chi connectivity index (χ3v) is 4.68. The Hall–Kier alpha value is 0.1000. The number of rotatable bonds is 2. The summed E-state index contributed by atoms with van der Waals surface area (Å²) in [7, 11) is 0. The van der Waals surface area contributed by atoms with E-state index in [1.54, 1.807) is 6.21 Å². The van der Waals surface area contributed by atoms with Gasteiger partial charge in [-0.25, -0.2) is 0 Å². The van der Waals surface area contributed by atoms with E-state index < -0.39 is 0 Å². The largest absolute Gasteiger partial charge is 0.506 e. The van der Waals surface area contributed by atoms with E-state index in [4.69, 9.17) is 0 Å². The van der Waals surface area contributed by atoms with Crippen LogP contribution in [0.4, 0.5) is 5.69 Å². The van der Waals surface area contributed by atoms with E-state index in [0.717, 1.165) is 24.0 Å². The summed E-state index contributed by atoms with van der Waals surface area (Å²) in [6.45, 7) is 2.03. The highest BCUT2D eigenvalue weighted by Gasteiger charge is 2.05. The van der Waals surface area contributed by atoms with Gasteiger partial charge in [0.1, 0.15) is 5.75 Å². The van der Waals surface area contributed by atoms with Gasteiger partial charge in [-0.15, -0.1) is 0 Å². The lowest BCUT2D eigenvalue weighted by atomic mass is 10.2. The van der Waals surface area contributed by atoms with E-state index in [9.17, 15) is 5.11 Å². The predicted molar refractivity (Wildman–Crippen MR) is 105 cm³/mol. The van der Waals surface area contributed by atoms with Gasteiger partial charge in [0, 0.05) is 18.9 Å². The van der Waals surface area contributed by atoms with E-state index in [-0.39, 0.29) is 5.75 Å². The summed E-state index contributed by atoms with van der Waals surface area (Å²) in [5.74, 6) is 0.285. The van der Waals surface area contributed by atoms with Gasteiger partial charge >= 0.3 is 0 Å². The molecule has 0 amide bonds. The highest BCUT2D eigenvalue weighted by atomic mass is 127. The Balaban J connectivity index is 2.38. The summed E-state index contributed by atoms with van der Waals surface area (Å²) in [5, 5.41) is 10.0. The fourth-order valence-corrected chi connectivity index (χ4v) is 4.12. The average molecular weight is 589 g/mol. The Bertz CT molecular complexity index is 653. The van der Waals surface area contributed by atoms with Crippen molar-refractivity contribution in [1.29, 1.82) is 0 Å². The van der Waals surface area contributed by atoms with Crippen LogP contribution < -0.4 is 0 Å². The van der Waals surface area contributed by atoms with Crippen molar-refractivity contribution in [1.82, 2.24) is 0 Å². The molecule has 2 aromatic rings. The van der Waals surface area contributed by atoms with Crippen molar-refractivity contribution < 1.29 is 5.11 Å². The second-order valence-corrected chi connectivity index (χ2v) is 7.67. The maximum absolute atomic E-state index is 10.0. The molecule has 98 valence electrons. The number of halogens is 3. The van der Waals surface area contributed by atoms with E-state index in [0.29, 0.717) is 0 Å². The molecule has 0 fully saturated rings. The van der Waals surface area contributed by atoms with Gasteiger partial charge in [0.05, 0.1) is 9.26 Å². The number of nitrogens with zero attached hydrogens (tertiary/aromatic N) is 1. The molecule has 0 aliphatic carbocycles. The first kappa shape index (κ1) is 15.5. The van der Waals surface area contributed by atoms with Crippen molar-refractivity contribution >= 4 is 79.7 Å². The third-order valence-electron chi connectivity index (χ3n) is 2.56. The first-order valence-corrected chi connectivity index (χ1v) is 8.69. The molecule has 0 aromatic heterocycles. The molecule has 0 unspecified atom stereocenters. The van der Waals surface area contributed by atoms with Crippen molar-refractivity contribution in [2.24, 2.45) is 4.99 Å². The zero-order valence-corrected chi connectivity index (χ0v) is 16.5. The zero-order valence-electron chi connectivity index (χ0n) is 9.99. The van der Waals surface area contributed by atoms with E-state index >= 15 is 0 Å². The van der Waals surface area contributed by atoms with Crippen LogP contribution in [0.3, 0.4) is 0 Å². The SMILES string of the molecule is Cc1cc(I)ccc1N=Cc1cc(I)cc(I)c1O. The van der Waals surface area contributed by atoms with Gasteiger partial charge in [-0.2, -0.15) is 0 Å². The monoisotopic (exact) mass is 589 g/mol. The van der Waals surface area contributed by atoms with Gasteiger partial charge in [0.25, 0.3) is 0 Å². The molecule has 19 heavy (non-hydrogen) atoms. The number of benzene rings is 2. The van der Waals surface area contributed by atoms with Crippen molar-refractivity contribution in [3.05, 3.63) is 52.2 Å². The Labute approximate surface area is 153 Å². The fraction of sp³-hybridized carbons (Fsp3) is 0.0714. The molecule has 2 aromatic carbocycles. The molecular weight excluding hydrogens is 579 g/mol. The molecule has 2 nitrogen and oxygen atoms in total. The number of aryl methyl sites for hydroxylation is 1. The summed E-state index contributed by atoms with van der Waals surface area (Å²) < 4.78 is 3.12. The lowest BCUT2D eigenvalue weighted by Crippen LogP contribution is -1.88. The number of hydrogen-bond acceptors (Lipinski definition) is 2. The van der Waals surface area contributed by atoms with Crippen LogP contribution in [0.25, 0.3) is 0 Å². The molecule has 0 aliphatic heterocycles. The minimum Gasteiger partial charge on any atom is -0.506 e. The quantitative estimate of drug-likeness (QED) is 0.377.